The molecule has 2 aromatic rings. The minimum absolute atomic E-state index is 0.464. The van der Waals surface area contributed by atoms with E-state index in [9.17, 15) is 0 Å². The molecule has 1 heterocycles. The molecule has 0 aliphatic carbocycles. The summed E-state index contributed by atoms with van der Waals surface area (Å²) < 4.78 is 6.29. The highest BCUT2D eigenvalue weighted by atomic mass is 79.9. The minimum atomic E-state index is 0.464. The predicted molar refractivity (Wildman–Crippen MR) is 78.9 cm³/mol. The third-order valence-electron chi connectivity index (χ3n) is 2.89. The van der Waals surface area contributed by atoms with Gasteiger partial charge in [0.25, 0.3) is 0 Å². The number of rotatable bonds is 6. The van der Waals surface area contributed by atoms with Crippen LogP contribution in [0.3, 0.4) is 0 Å². The Morgan fingerprint density at radius 2 is 2.26 bits per heavy atom. The SMILES string of the molecule is CCNC(C)CCc1nc(-c2cccc(Br)c2)no1. The average Bonchev–Trinajstić information content (AvgIpc) is 2.85. The highest BCUT2D eigenvalue weighted by Gasteiger charge is 2.10. The van der Waals surface area contributed by atoms with Crippen LogP contribution >= 0.6 is 15.9 Å². The van der Waals surface area contributed by atoms with Gasteiger partial charge in [-0.3, -0.25) is 0 Å². The van der Waals surface area contributed by atoms with E-state index in [-0.39, 0.29) is 0 Å². The predicted octanol–water partition coefficient (Wildman–Crippen LogP) is 3.43. The van der Waals surface area contributed by atoms with Crippen molar-refractivity contribution < 1.29 is 4.52 Å². The Balaban J connectivity index is 1.99. The molecule has 0 saturated heterocycles. The normalized spacial score (nSPS) is 12.6. The molecule has 0 radical (unpaired) electrons. The van der Waals surface area contributed by atoms with Crippen LogP contribution in [0.5, 0.6) is 0 Å². The molecule has 1 aromatic heterocycles. The lowest BCUT2D eigenvalue weighted by Gasteiger charge is -2.09. The zero-order chi connectivity index (χ0) is 13.7. The summed E-state index contributed by atoms with van der Waals surface area (Å²) >= 11 is 3.44. The molecular formula is C14H18BrN3O. The van der Waals surface area contributed by atoms with Crippen LogP contribution in [0.25, 0.3) is 11.4 Å². The maximum Gasteiger partial charge on any atom is 0.227 e. The van der Waals surface area contributed by atoms with Crippen LogP contribution in [-0.4, -0.2) is 22.7 Å². The molecule has 0 aliphatic rings. The molecule has 2 rings (SSSR count). The Kier molecular flexibility index (Phi) is 5.10. The number of aryl methyl sites for hydroxylation is 1. The van der Waals surface area contributed by atoms with E-state index in [1.165, 1.54) is 0 Å². The Hall–Kier alpha value is -1.20. The Morgan fingerprint density at radius 3 is 3.00 bits per heavy atom. The fourth-order valence-electron chi connectivity index (χ4n) is 1.89. The van der Waals surface area contributed by atoms with Gasteiger partial charge in [-0.15, -0.1) is 0 Å². The minimum Gasteiger partial charge on any atom is -0.339 e. The standard InChI is InChI=1S/C14H18BrN3O/c1-3-16-10(2)7-8-13-17-14(18-19-13)11-5-4-6-12(15)9-11/h4-6,9-10,16H,3,7-8H2,1-2H3. The van der Waals surface area contributed by atoms with Gasteiger partial charge in [-0.05, 0) is 32.0 Å². The first-order chi connectivity index (χ1) is 9.19. The van der Waals surface area contributed by atoms with Crippen molar-refractivity contribution in [2.75, 3.05) is 6.54 Å². The second kappa shape index (κ2) is 6.82. The van der Waals surface area contributed by atoms with E-state index in [0.717, 1.165) is 29.4 Å². The van der Waals surface area contributed by atoms with Gasteiger partial charge in [-0.25, -0.2) is 0 Å². The second-order valence-electron chi connectivity index (χ2n) is 4.52. The van der Waals surface area contributed by atoms with Crippen LogP contribution in [0.2, 0.25) is 0 Å². The first-order valence-electron chi connectivity index (χ1n) is 6.51. The molecule has 0 aliphatic heterocycles. The van der Waals surface area contributed by atoms with E-state index < -0.39 is 0 Å². The third-order valence-corrected chi connectivity index (χ3v) is 3.39. The molecule has 1 atom stereocenters. The van der Waals surface area contributed by atoms with E-state index >= 15 is 0 Å². The Bertz CT molecular complexity index is 527. The van der Waals surface area contributed by atoms with Crippen LogP contribution < -0.4 is 5.32 Å². The summed E-state index contributed by atoms with van der Waals surface area (Å²) in [6.45, 7) is 5.25. The van der Waals surface area contributed by atoms with Gasteiger partial charge >= 0.3 is 0 Å². The molecule has 0 amide bonds. The monoisotopic (exact) mass is 323 g/mol. The van der Waals surface area contributed by atoms with Crippen LogP contribution in [-0.2, 0) is 6.42 Å². The van der Waals surface area contributed by atoms with Gasteiger partial charge in [0.2, 0.25) is 11.7 Å². The molecule has 1 N–H and O–H groups in total. The van der Waals surface area contributed by atoms with Crippen LogP contribution in [0.1, 0.15) is 26.2 Å². The molecule has 4 nitrogen and oxygen atoms in total. The van der Waals surface area contributed by atoms with E-state index in [1.807, 2.05) is 24.3 Å². The van der Waals surface area contributed by atoms with Gasteiger partial charge in [0.15, 0.2) is 0 Å². The summed E-state index contributed by atoms with van der Waals surface area (Å²) in [6.07, 6.45) is 1.79. The maximum atomic E-state index is 5.28. The summed E-state index contributed by atoms with van der Waals surface area (Å²) in [6, 6.07) is 8.35. The van der Waals surface area contributed by atoms with Crippen LogP contribution in [0.4, 0.5) is 0 Å². The van der Waals surface area contributed by atoms with Crippen molar-refractivity contribution in [3.8, 4) is 11.4 Å². The molecule has 0 fully saturated rings. The third kappa shape index (κ3) is 4.14. The fourth-order valence-corrected chi connectivity index (χ4v) is 2.29. The van der Waals surface area contributed by atoms with Crippen LogP contribution in [0.15, 0.2) is 33.3 Å². The summed E-state index contributed by atoms with van der Waals surface area (Å²) in [5.41, 5.74) is 0.962. The largest absolute Gasteiger partial charge is 0.339 e. The zero-order valence-electron chi connectivity index (χ0n) is 11.2. The molecule has 5 heteroatoms. The number of nitrogens with one attached hydrogen (secondary N) is 1. The smallest absolute Gasteiger partial charge is 0.227 e. The molecule has 19 heavy (non-hydrogen) atoms. The highest BCUT2D eigenvalue weighted by Crippen LogP contribution is 2.20. The lowest BCUT2D eigenvalue weighted by Crippen LogP contribution is -2.25. The van der Waals surface area contributed by atoms with E-state index in [1.54, 1.807) is 0 Å². The van der Waals surface area contributed by atoms with Crippen molar-refractivity contribution in [3.05, 3.63) is 34.6 Å². The Morgan fingerprint density at radius 1 is 1.42 bits per heavy atom. The molecule has 0 saturated carbocycles. The van der Waals surface area contributed by atoms with Crippen molar-refractivity contribution in [3.63, 3.8) is 0 Å². The van der Waals surface area contributed by atoms with Gasteiger partial charge in [0.1, 0.15) is 0 Å². The first kappa shape index (κ1) is 14.2. The highest BCUT2D eigenvalue weighted by molar-refractivity contribution is 9.10. The molecular weight excluding hydrogens is 306 g/mol. The second-order valence-corrected chi connectivity index (χ2v) is 5.44. The first-order valence-corrected chi connectivity index (χ1v) is 7.30. The number of hydrogen-bond acceptors (Lipinski definition) is 4. The van der Waals surface area contributed by atoms with Crippen molar-refractivity contribution in [1.29, 1.82) is 0 Å². The molecule has 0 bridgehead atoms. The molecule has 102 valence electrons. The number of hydrogen-bond donors (Lipinski definition) is 1. The Labute approximate surface area is 121 Å². The number of benzene rings is 1. The quantitative estimate of drug-likeness (QED) is 0.884. The summed E-state index contributed by atoms with van der Waals surface area (Å²) in [7, 11) is 0. The van der Waals surface area contributed by atoms with Gasteiger partial charge < -0.3 is 9.84 Å². The maximum absolute atomic E-state index is 5.28. The lowest BCUT2D eigenvalue weighted by atomic mass is 10.2. The number of aromatic nitrogens is 2. The summed E-state index contributed by atoms with van der Waals surface area (Å²) in [5.74, 6) is 1.34. The molecule has 1 unspecified atom stereocenters. The van der Waals surface area contributed by atoms with Crippen molar-refractivity contribution in [1.82, 2.24) is 15.5 Å². The summed E-state index contributed by atoms with van der Waals surface area (Å²) in [4.78, 5) is 4.43. The number of halogens is 1. The van der Waals surface area contributed by atoms with Crippen molar-refractivity contribution in [2.24, 2.45) is 0 Å². The topological polar surface area (TPSA) is 51.0 Å². The average molecular weight is 324 g/mol. The molecule has 0 spiro atoms. The van der Waals surface area contributed by atoms with Gasteiger partial charge in [-0.2, -0.15) is 4.98 Å². The van der Waals surface area contributed by atoms with Crippen molar-refractivity contribution in [2.45, 2.75) is 32.7 Å². The van der Waals surface area contributed by atoms with Gasteiger partial charge in [0.05, 0.1) is 0 Å². The summed E-state index contributed by atoms with van der Waals surface area (Å²) in [5, 5.41) is 7.39. The fraction of sp³-hybridized carbons (Fsp3) is 0.429. The van der Waals surface area contributed by atoms with E-state index in [4.69, 9.17) is 4.52 Å². The van der Waals surface area contributed by atoms with E-state index in [2.05, 4.69) is 45.2 Å². The number of nitrogens with zero attached hydrogens (tertiary/aromatic N) is 2. The zero-order valence-corrected chi connectivity index (χ0v) is 12.8. The van der Waals surface area contributed by atoms with Crippen molar-refractivity contribution >= 4 is 15.9 Å². The van der Waals surface area contributed by atoms with E-state index in [0.29, 0.717) is 17.8 Å². The molecule has 1 aromatic carbocycles. The van der Waals surface area contributed by atoms with Crippen LogP contribution in [0, 0.1) is 0 Å². The van der Waals surface area contributed by atoms with Gasteiger partial charge in [0, 0.05) is 22.5 Å². The van der Waals surface area contributed by atoms with Gasteiger partial charge in [-0.1, -0.05) is 40.1 Å². The lowest BCUT2D eigenvalue weighted by molar-refractivity contribution is 0.368.